The van der Waals surface area contributed by atoms with Crippen LogP contribution in [0.3, 0.4) is 0 Å². The van der Waals surface area contributed by atoms with Crippen molar-refractivity contribution < 1.29 is 0 Å². The standard InChI is InChI=1S/C28H26N4/c1-19-16-17-23-25(21-13-8-9-14-22(21)31(23)20-11-6-5-7-12-20)26(19)32-24-15-10-18-29-27(24)30(4)28(32,2)3/h5-18H,1-4H3. The molecule has 0 spiro atoms. The summed E-state index contributed by atoms with van der Waals surface area (Å²) in [6, 6.07) is 28.1. The normalized spacial score (nSPS) is 15.0. The van der Waals surface area contributed by atoms with Crippen LogP contribution in [0.2, 0.25) is 0 Å². The highest BCUT2D eigenvalue weighted by atomic mass is 15.5. The van der Waals surface area contributed by atoms with Gasteiger partial charge in [-0.05, 0) is 62.7 Å². The predicted octanol–water partition coefficient (Wildman–Crippen LogP) is 6.81. The van der Waals surface area contributed by atoms with Gasteiger partial charge in [0.25, 0.3) is 0 Å². The fraction of sp³-hybridized carbons (Fsp3) is 0.179. The first-order valence-electron chi connectivity index (χ1n) is 11.1. The number of hydrogen-bond donors (Lipinski definition) is 0. The maximum atomic E-state index is 4.72. The second kappa shape index (κ2) is 6.60. The average Bonchev–Trinajstić information content (AvgIpc) is 3.24. The minimum absolute atomic E-state index is 0.258. The molecule has 32 heavy (non-hydrogen) atoms. The molecule has 0 bridgehead atoms. The summed E-state index contributed by atoms with van der Waals surface area (Å²) < 4.78 is 2.38. The van der Waals surface area contributed by atoms with E-state index >= 15 is 0 Å². The number of fused-ring (bicyclic) bond motifs is 4. The largest absolute Gasteiger partial charge is 0.335 e. The molecular weight excluding hydrogens is 392 g/mol. The number of benzene rings is 3. The molecule has 1 aliphatic heterocycles. The Morgan fingerprint density at radius 1 is 0.781 bits per heavy atom. The van der Waals surface area contributed by atoms with Crippen molar-refractivity contribution in [2.24, 2.45) is 0 Å². The molecule has 0 radical (unpaired) electrons. The van der Waals surface area contributed by atoms with Gasteiger partial charge in [-0.2, -0.15) is 0 Å². The summed E-state index contributed by atoms with van der Waals surface area (Å²) in [6.45, 7) is 6.75. The predicted molar refractivity (Wildman–Crippen MR) is 134 cm³/mol. The number of hydrogen-bond acceptors (Lipinski definition) is 3. The second-order valence-electron chi connectivity index (χ2n) is 9.05. The lowest BCUT2D eigenvalue weighted by molar-refractivity contribution is 0.520. The van der Waals surface area contributed by atoms with Crippen LogP contribution in [-0.4, -0.2) is 22.3 Å². The lowest BCUT2D eigenvalue weighted by Gasteiger charge is -2.39. The van der Waals surface area contributed by atoms with E-state index in [1.165, 1.54) is 38.7 Å². The number of pyridine rings is 1. The number of nitrogens with zero attached hydrogens (tertiary/aromatic N) is 4. The number of anilines is 3. The Balaban J connectivity index is 1.77. The molecule has 6 rings (SSSR count). The van der Waals surface area contributed by atoms with Gasteiger partial charge >= 0.3 is 0 Å². The fourth-order valence-corrected chi connectivity index (χ4v) is 5.21. The summed E-state index contributed by atoms with van der Waals surface area (Å²) in [7, 11) is 2.13. The third kappa shape index (κ3) is 2.41. The topological polar surface area (TPSA) is 24.3 Å². The monoisotopic (exact) mass is 418 g/mol. The molecular formula is C28H26N4. The highest BCUT2D eigenvalue weighted by molar-refractivity contribution is 6.17. The second-order valence-corrected chi connectivity index (χ2v) is 9.05. The van der Waals surface area contributed by atoms with Crippen LogP contribution in [0, 0.1) is 6.92 Å². The van der Waals surface area contributed by atoms with E-state index in [1.807, 2.05) is 12.3 Å². The quantitative estimate of drug-likeness (QED) is 0.315. The van der Waals surface area contributed by atoms with Gasteiger partial charge in [0.1, 0.15) is 5.66 Å². The van der Waals surface area contributed by atoms with E-state index in [2.05, 4.69) is 115 Å². The molecule has 0 N–H and O–H groups in total. The Kier molecular flexibility index (Phi) is 3.91. The van der Waals surface area contributed by atoms with Crippen molar-refractivity contribution in [2.75, 3.05) is 16.8 Å². The Morgan fingerprint density at radius 3 is 2.34 bits per heavy atom. The molecule has 0 fully saturated rings. The van der Waals surface area contributed by atoms with Crippen molar-refractivity contribution in [3.63, 3.8) is 0 Å². The molecule has 0 saturated carbocycles. The van der Waals surface area contributed by atoms with Crippen molar-refractivity contribution >= 4 is 39.0 Å². The molecule has 5 aromatic rings. The van der Waals surface area contributed by atoms with E-state index in [-0.39, 0.29) is 5.66 Å². The minimum atomic E-state index is -0.258. The van der Waals surface area contributed by atoms with Crippen LogP contribution in [0.5, 0.6) is 0 Å². The molecule has 0 unspecified atom stereocenters. The van der Waals surface area contributed by atoms with Gasteiger partial charge in [-0.3, -0.25) is 0 Å². The zero-order valence-corrected chi connectivity index (χ0v) is 18.9. The smallest absolute Gasteiger partial charge is 0.154 e. The van der Waals surface area contributed by atoms with Gasteiger partial charge in [0.05, 0.1) is 22.4 Å². The molecule has 3 heterocycles. The number of para-hydroxylation sites is 2. The van der Waals surface area contributed by atoms with Crippen molar-refractivity contribution in [2.45, 2.75) is 26.4 Å². The third-order valence-electron chi connectivity index (χ3n) is 6.94. The van der Waals surface area contributed by atoms with E-state index in [0.29, 0.717) is 0 Å². The summed E-state index contributed by atoms with van der Waals surface area (Å²) in [5, 5.41) is 2.54. The first kappa shape index (κ1) is 18.9. The molecule has 158 valence electrons. The maximum absolute atomic E-state index is 4.72. The lowest BCUT2D eigenvalue weighted by atomic mass is 10.0. The molecule has 1 aliphatic rings. The van der Waals surface area contributed by atoms with E-state index in [0.717, 1.165) is 11.5 Å². The summed E-state index contributed by atoms with van der Waals surface area (Å²) in [5.74, 6) is 1.01. The highest BCUT2D eigenvalue weighted by Crippen LogP contribution is 2.51. The highest BCUT2D eigenvalue weighted by Gasteiger charge is 2.43. The molecule has 0 aliphatic carbocycles. The molecule has 4 heteroatoms. The van der Waals surface area contributed by atoms with Crippen molar-refractivity contribution in [3.05, 3.63) is 90.6 Å². The van der Waals surface area contributed by atoms with Crippen molar-refractivity contribution in [1.29, 1.82) is 0 Å². The van der Waals surface area contributed by atoms with E-state index < -0.39 is 0 Å². The van der Waals surface area contributed by atoms with Crippen LogP contribution in [0.15, 0.2) is 85.1 Å². The van der Waals surface area contributed by atoms with Gasteiger partial charge in [0.15, 0.2) is 5.82 Å². The number of rotatable bonds is 2. The Bertz CT molecular complexity index is 1480. The van der Waals surface area contributed by atoms with Crippen LogP contribution in [0.1, 0.15) is 19.4 Å². The van der Waals surface area contributed by atoms with Crippen molar-refractivity contribution in [1.82, 2.24) is 9.55 Å². The SMILES string of the molecule is Cc1ccc2c(c1N1c3cccnc3N(C)C1(C)C)c1ccccc1n2-c1ccccc1. The first-order valence-corrected chi connectivity index (χ1v) is 11.1. The van der Waals surface area contributed by atoms with Gasteiger partial charge in [0, 0.05) is 29.7 Å². The van der Waals surface area contributed by atoms with Gasteiger partial charge in [-0.25, -0.2) is 4.98 Å². The van der Waals surface area contributed by atoms with Gasteiger partial charge in [0.2, 0.25) is 0 Å². The molecule has 0 saturated heterocycles. The summed E-state index contributed by atoms with van der Waals surface area (Å²) in [4.78, 5) is 9.46. The van der Waals surface area contributed by atoms with Crippen LogP contribution < -0.4 is 9.80 Å². The van der Waals surface area contributed by atoms with Crippen LogP contribution in [-0.2, 0) is 0 Å². The molecule has 2 aromatic heterocycles. The first-order chi connectivity index (χ1) is 15.5. The van der Waals surface area contributed by atoms with E-state index in [9.17, 15) is 0 Å². The summed E-state index contributed by atoms with van der Waals surface area (Å²) in [5.41, 5.74) is 7.00. The van der Waals surface area contributed by atoms with Gasteiger partial charge < -0.3 is 14.4 Å². The van der Waals surface area contributed by atoms with Crippen LogP contribution in [0.4, 0.5) is 17.2 Å². The Hall–Kier alpha value is -3.79. The lowest BCUT2D eigenvalue weighted by Crippen LogP contribution is -2.49. The fourth-order valence-electron chi connectivity index (χ4n) is 5.21. The Morgan fingerprint density at radius 2 is 1.53 bits per heavy atom. The summed E-state index contributed by atoms with van der Waals surface area (Å²) >= 11 is 0. The molecule has 0 atom stereocenters. The van der Waals surface area contributed by atoms with Crippen LogP contribution >= 0.6 is 0 Å². The number of aromatic nitrogens is 2. The molecule has 3 aromatic carbocycles. The van der Waals surface area contributed by atoms with Gasteiger partial charge in [-0.1, -0.05) is 42.5 Å². The zero-order chi connectivity index (χ0) is 22.0. The van der Waals surface area contributed by atoms with Gasteiger partial charge in [-0.15, -0.1) is 0 Å². The minimum Gasteiger partial charge on any atom is -0.335 e. The average molecular weight is 419 g/mol. The molecule has 0 amide bonds. The van der Waals surface area contributed by atoms with Crippen LogP contribution in [0.25, 0.3) is 27.5 Å². The molecule has 4 nitrogen and oxygen atoms in total. The zero-order valence-electron chi connectivity index (χ0n) is 18.9. The van der Waals surface area contributed by atoms with E-state index in [1.54, 1.807) is 0 Å². The third-order valence-corrected chi connectivity index (χ3v) is 6.94. The number of aryl methyl sites for hydroxylation is 1. The Labute approximate surface area is 188 Å². The summed E-state index contributed by atoms with van der Waals surface area (Å²) in [6.07, 6.45) is 1.88. The van der Waals surface area contributed by atoms with Crippen molar-refractivity contribution in [3.8, 4) is 5.69 Å². The maximum Gasteiger partial charge on any atom is 0.154 e. The van der Waals surface area contributed by atoms with E-state index in [4.69, 9.17) is 4.98 Å².